The Morgan fingerprint density at radius 3 is 2.29 bits per heavy atom. The lowest BCUT2D eigenvalue weighted by Gasteiger charge is -2.23. The molecule has 0 aromatic heterocycles. The van der Waals surface area contributed by atoms with Crippen molar-refractivity contribution >= 4 is 5.69 Å². The number of anilines is 1. The number of hydrogen-bond acceptors (Lipinski definition) is 2. The molecule has 0 atom stereocenters. The molecule has 0 bridgehead atoms. The van der Waals surface area contributed by atoms with E-state index >= 15 is 0 Å². The molecular weight excluding hydrogens is 172 g/mol. The molecule has 0 heterocycles. The summed E-state index contributed by atoms with van der Waals surface area (Å²) in [7, 11) is 0. The summed E-state index contributed by atoms with van der Waals surface area (Å²) >= 11 is 0. The van der Waals surface area contributed by atoms with E-state index in [1.165, 1.54) is 16.8 Å². The number of benzene rings is 1. The molecule has 0 radical (unpaired) electrons. The van der Waals surface area contributed by atoms with Gasteiger partial charge in [0.1, 0.15) is 0 Å². The predicted molar refractivity (Wildman–Crippen MR) is 62.6 cm³/mol. The van der Waals surface area contributed by atoms with Crippen LogP contribution in [0.2, 0.25) is 0 Å². The lowest BCUT2D eigenvalue weighted by atomic mass is 10.1. The summed E-state index contributed by atoms with van der Waals surface area (Å²) in [5.41, 5.74) is 9.45. The Morgan fingerprint density at radius 2 is 1.86 bits per heavy atom. The first-order chi connectivity index (χ1) is 6.72. The normalized spacial score (nSPS) is 10.3. The SMILES string of the molecule is CCN(CC)c1ccc(CN)cc1C. The second kappa shape index (κ2) is 5.01. The molecule has 0 saturated heterocycles. The highest BCUT2D eigenvalue weighted by molar-refractivity contribution is 5.54. The van der Waals surface area contributed by atoms with Gasteiger partial charge in [0.25, 0.3) is 0 Å². The van der Waals surface area contributed by atoms with Crippen molar-refractivity contribution in [3.05, 3.63) is 29.3 Å². The van der Waals surface area contributed by atoms with E-state index in [4.69, 9.17) is 5.73 Å². The zero-order valence-electron chi connectivity index (χ0n) is 9.38. The molecule has 0 saturated carbocycles. The Labute approximate surface area is 86.7 Å². The van der Waals surface area contributed by atoms with Crippen LogP contribution in [0.3, 0.4) is 0 Å². The van der Waals surface area contributed by atoms with Gasteiger partial charge < -0.3 is 10.6 Å². The Hall–Kier alpha value is -1.02. The minimum absolute atomic E-state index is 0.624. The van der Waals surface area contributed by atoms with Gasteiger partial charge >= 0.3 is 0 Å². The van der Waals surface area contributed by atoms with E-state index in [2.05, 4.69) is 43.9 Å². The number of nitrogens with zero attached hydrogens (tertiary/aromatic N) is 1. The third-order valence-electron chi connectivity index (χ3n) is 2.60. The maximum absolute atomic E-state index is 5.60. The zero-order chi connectivity index (χ0) is 10.6. The smallest absolute Gasteiger partial charge is 0.0395 e. The van der Waals surface area contributed by atoms with Gasteiger partial charge in [0.05, 0.1) is 0 Å². The summed E-state index contributed by atoms with van der Waals surface area (Å²) < 4.78 is 0. The zero-order valence-corrected chi connectivity index (χ0v) is 9.38. The van der Waals surface area contributed by atoms with E-state index < -0.39 is 0 Å². The molecule has 1 aromatic rings. The van der Waals surface area contributed by atoms with E-state index in [0.29, 0.717) is 6.54 Å². The topological polar surface area (TPSA) is 29.3 Å². The Kier molecular flexibility index (Phi) is 3.96. The highest BCUT2D eigenvalue weighted by Gasteiger charge is 2.04. The maximum atomic E-state index is 5.60. The molecule has 2 N–H and O–H groups in total. The first-order valence-electron chi connectivity index (χ1n) is 5.27. The lowest BCUT2D eigenvalue weighted by Crippen LogP contribution is -2.22. The van der Waals surface area contributed by atoms with Crippen LogP contribution >= 0.6 is 0 Å². The van der Waals surface area contributed by atoms with Crippen molar-refractivity contribution in [2.45, 2.75) is 27.3 Å². The van der Waals surface area contributed by atoms with Gasteiger partial charge in [-0.05, 0) is 38.0 Å². The maximum Gasteiger partial charge on any atom is 0.0395 e. The largest absolute Gasteiger partial charge is 0.372 e. The molecule has 2 nitrogen and oxygen atoms in total. The van der Waals surface area contributed by atoms with Crippen LogP contribution in [0.1, 0.15) is 25.0 Å². The van der Waals surface area contributed by atoms with Crippen LogP contribution in [-0.4, -0.2) is 13.1 Å². The van der Waals surface area contributed by atoms with E-state index in [9.17, 15) is 0 Å². The van der Waals surface area contributed by atoms with Gasteiger partial charge in [0.2, 0.25) is 0 Å². The van der Waals surface area contributed by atoms with Crippen LogP contribution < -0.4 is 10.6 Å². The molecule has 2 heteroatoms. The number of rotatable bonds is 4. The van der Waals surface area contributed by atoms with E-state index in [0.717, 1.165) is 13.1 Å². The fourth-order valence-corrected chi connectivity index (χ4v) is 1.76. The van der Waals surface area contributed by atoms with Crippen molar-refractivity contribution in [2.75, 3.05) is 18.0 Å². The van der Waals surface area contributed by atoms with Crippen molar-refractivity contribution in [2.24, 2.45) is 5.73 Å². The molecule has 0 amide bonds. The molecule has 0 fully saturated rings. The highest BCUT2D eigenvalue weighted by atomic mass is 15.1. The molecule has 1 rings (SSSR count). The van der Waals surface area contributed by atoms with E-state index in [1.54, 1.807) is 0 Å². The minimum atomic E-state index is 0.624. The number of aryl methyl sites for hydroxylation is 1. The first kappa shape index (κ1) is 11.1. The van der Waals surface area contributed by atoms with Gasteiger partial charge in [0.15, 0.2) is 0 Å². The molecule has 14 heavy (non-hydrogen) atoms. The second-order valence-electron chi connectivity index (χ2n) is 3.50. The second-order valence-corrected chi connectivity index (χ2v) is 3.50. The van der Waals surface area contributed by atoms with Crippen LogP contribution in [0.25, 0.3) is 0 Å². The monoisotopic (exact) mass is 192 g/mol. The van der Waals surface area contributed by atoms with Crippen LogP contribution in [0, 0.1) is 6.92 Å². The van der Waals surface area contributed by atoms with Crippen molar-refractivity contribution in [3.63, 3.8) is 0 Å². The van der Waals surface area contributed by atoms with E-state index in [-0.39, 0.29) is 0 Å². The first-order valence-corrected chi connectivity index (χ1v) is 5.27. The molecule has 78 valence electrons. The molecule has 0 aliphatic rings. The molecule has 0 aliphatic carbocycles. The Bertz CT molecular complexity index is 290. The van der Waals surface area contributed by atoms with Gasteiger partial charge in [-0.25, -0.2) is 0 Å². The van der Waals surface area contributed by atoms with Crippen LogP contribution in [0.4, 0.5) is 5.69 Å². The average Bonchev–Trinajstić information content (AvgIpc) is 2.22. The highest BCUT2D eigenvalue weighted by Crippen LogP contribution is 2.20. The summed E-state index contributed by atoms with van der Waals surface area (Å²) in [6.45, 7) is 9.24. The van der Waals surface area contributed by atoms with Crippen molar-refractivity contribution < 1.29 is 0 Å². The predicted octanol–water partition coefficient (Wildman–Crippen LogP) is 2.30. The molecule has 0 unspecified atom stereocenters. The Balaban J connectivity index is 2.98. The molecule has 0 spiro atoms. The van der Waals surface area contributed by atoms with Crippen molar-refractivity contribution in [1.29, 1.82) is 0 Å². The molecule has 0 aliphatic heterocycles. The fourth-order valence-electron chi connectivity index (χ4n) is 1.76. The number of nitrogens with two attached hydrogens (primary N) is 1. The molecular formula is C12H20N2. The summed E-state index contributed by atoms with van der Waals surface area (Å²) in [6.07, 6.45) is 0. The van der Waals surface area contributed by atoms with Crippen molar-refractivity contribution in [1.82, 2.24) is 0 Å². The third-order valence-corrected chi connectivity index (χ3v) is 2.60. The third kappa shape index (κ3) is 2.26. The van der Waals surface area contributed by atoms with Gasteiger partial charge in [0, 0.05) is 25.3 Å². The standard InChI is InChI=1S/C12H20N2/c1-4-14(5-2)12-7-6-11(9-13)8-10(12)3/h6-8H,4-5,9,13H2,1-3H3. The summed E-state index contributed by atoms with van der Waals surface area (Å²) in [5.74, 6) is 0. The van der Waals surface area contributed by atoms with Crippen LogP contribution in [0.5, 0.6) is 0 Å². The fraction of sp³-hybridized carbons (Fsp3) is 0.500. The van der Waals surface area contributed by atoms with Gasteiger partial charge in [-0.15, -0.1) is 0 Å². The lowest BCUT2D eigenvalue weighted by molar-refractivity contribution is 0.860. The quantitative estimate of drug-likeness (QED) is 0.793. The van der Waals surface area contributed by atoms with Gasteiger partial charge in [-0.2, -0.15) is 0 Å². The van der Waals surface area contributed by atoms with E-state index in [1.807, 2.05) is 0 Å². The summed E-state index contributed by atoms with van der Waals surface area (Å²) in [4.78, 5) is 2.36. The van der Waals surface area contributed by atoms with Crippen LogP contribution in [-0.2, 0) is 6.54 Å². The summed E-state index contributed by atoms with van der Waals surface area (Å²) in [6, 6.07) is 6.46. The average molecular weight is 192 g/mol. The van der Waals surface area contributed by atoms with Gasteiger partial charge in [-0.3, -0.25) is 0 Å². The molecule has 1 aromatic carbocycles. The van der Waals surface area contributed by atoms with Gasteiger partial charge in [-0.1, -0.05) is 12.1 Å². The van der Waals surface area contributed by atoms with Crippen LogP contribution in [0.15, 0.2) is 18.2 Å². The summed E-state index contributed by atoms with van der Waals surface area (Å²) in [5, 5.41) is 0. The number of hydrogen-bond donors (Lipinski definition) is 1. The minimum Gasteiger partial charge on any atom is -0.372 e. The Morgan fingerprint density at radius 1 is 1.21 bits per heavy atom. The van der Waals surface area contributed by atoms with Crippen molar-refractivity contribution in [3.8, 4) is 0 Å².